The number of benzene rings is 1. The predicted molar refractivity (Wildman–Crippen MR) is 43.4 cm³/mol. The van der Waals surface area contributed by atoms with Gasteiger partial charge in [-0.2, -0.15) is 0 Å². The molecule has 1 nitrogen and oxygen atoms in total. The second-order valence-corrected chi connectivity index (χ2v) is 3.70. The fourth-order valence-electron chi connectivity index (χ4n) is 0.991. The van der Waals surface area contributed by atoms with Crippen molar-refractivity contribution < 1.29 is 0 Å². The zero-order chi connectivity index (χ0) is 6.97. The Bertz CT molecular complexity index is 351. The van der Waals surface area contributed by atoms with Gasteiger partial charge in [-0.3, -0.25) is 0 Å². The van der Waals surface area contributed by atoms with Gasteiger partial charge in [-0.25, -0.2) is 0 Å². The molecular weight excluding hydrogens is 189 g/mol. The monoisotopic (exact) mass is 197 g/mol. The van der Waals surface area contributed by atoms with Crippen LogP contribution in [0, 0.1) is 6.92 Å². The van der Waals surface area contributed by atoms with Crippen LogP contribution in [0.3, 0.4) is 0 Å². The van der Waals surface area contributed by atoms with Gasteiger partial charge in [0, 0.05) is 0 Å². The first-order valence-electron chi connectivity index (χ1n) is 3.17. The minimum atomic E-state index is 0.371. The van der Waals surface area contributed by atoms with Gasteiger partial charge >= 0.3 is 65.2 Å². The predicted octanol–water partition coefficient (Wildman–Crippen LogP) is 1.60. The van der Waals surface area contributed by atoms with E-state index in [0.29, 0.717) is 14.7 Å². The standard InChI is InChI=1S/C8H7NSe/c1-6-2-3-8-7(4-6)5-10-9-8/h2-5H,1H3. The van der Waals surface area contributed by atoms with Crippen molar-refractivity contribution in [1.82, 2.24) is 3.98 Å². The Kier molecular flexibility index (Phi) is 1.37. The SMILES string of the molecule is Cc1ccc2n[se]cc2c1. The van der Waals surface area contributed by atoms with Gasteiger partial charge < -0.3 is 0 Å². The molecule has 1 aromatic carbocycles. The molecule has 0 unspecified atom stereocenters. The molecule has 50 valence electrons. The van der Waals surface area contributed by atoms with Crippen LogP contribution in [0.15, 0.2) is 23.1 Å². The summed E-state index contributed by atoms with van der Waals surface area (Å²) in [5.74, 6) is 0. The molecule has 0 fully saturated rings. The molecule has 0 saturated carbocycles. The van der Waals surface area contributed by atoms with Crippen LogP contribution in [-0.4, -0.2) is 18.7 Å². The van der Waals surface area contributed by atoms with E-state index in [1.54, 1.807) is 0 Å². The van der Waals surface area contributed by atoms with Gasteiger partial charge in [0.2, 0.25) is 0 Å². The first kappa shape index (κ1) is 6.14. The van der Waals surface area contributed by atoms with E-state index in [9.17, 15) is 0 Å². The Balaban J connectivity index is 2.86. The van der Waals surface area contributed by atoms with Crippen LogP contribution in [0.25, 0.3) is 10.9 Å². The van der Waals surface area contributed by atoms with Gasteiger partial charge in [0.15, 0.2) is 0 Å². The van der Waals surface area contributed by atoms with Crippen LogP contribution in [0.1, 0.15) is 5.56 Å². The number of hydrogen-bond acceptors (Lipinski definition) is 1. The van der Waals surface area contributed by atoms with Crippen LogP contribution < -0.4 is 0 Å². The molecule has 2 rings (SSSR count). The van der Waals surface area contributed by atoms with Gasteiger partial charge in [0.1, 0.15) is 0 Å². The first-order valence-corrected chi connectivity index (χ1v) is 4.92. The normalized spacial score (nSPS) is 10.5. The molecule has 0 aliphatic heterocycles. The molecule has 0 atom stereocenters. The number of hydrogen-bond donors (Lipinski definition) is 0. The van der Waals surface area contributed by atoms with Crippen LogP contribution in [0.5, 0.6) is 0 Å². The summed E-state index contributed by atoms with van der Waals surface area (Å²) >= 11 is 0.371. The van der Waals surface area contributed by atoms with E-state index >= 15 is 0 Å². The van der Waals surface area contributed by atoms with Crippen molar-refractivity contribution in [2.24, 2.45) is 0 Å². The van der Waals surface area contributed by atoms with Crippen LogP contribution >= 0.6 is 0 Å². The molecule has 1 aromatic heterocycles. The van der Waals surface area contributed by atoms with E-state index < -0.39 is 0 Å². The molecule has 0 aliphatic rings. The summed E-state index contributed by atoms with van der Waals surface area (Å²) in [5.41, 5.74) is 2.49. The summed E-state index contributed by atoms with van der Waals surface area (Å²) in [6.45, 7) is 2.11. The first-order chi connectivity index (χ1) is 4.86. The zero-order valence-corrected chi connectivity index (χ0v) is 7.38. The molecule has 1 heterocycles. The minimum absolute atomic E-state index is 0.371. The van der Waals surface area contributed by atoms with Gasteiger partial charge in [-0.05, 0) is 0 Å². The zero-order valence-electron chi connectivity index (χ0n) is 5.66. The summed E-state index contributed by atoms with van der Waals surface area (Å²) < 4.78 is 4.35. The Morgan fingerprint density at radius 2 is 2.30 bits per heavy atom. The van der Waals surface area contributed by atoms with E-state index in [1.165, 1.54) is 16.5 Å². The Morgan fingerprint density at radius 1 is 1.40 bits per heavy atom. The van der Waals surface area contributed by atoms with Crippen molar-refractivity contribution in [3.63, 3.8) is 0 Å². The average molecular weight is 196 g/mol. The number of aryl methyl sites for hydroxylation is 1. The average Bonchev–Trinajstić information content (AvgIpc) is 2.33. The second-order valence-electron chi connectivity index (χ2n) is 2.38. The van der Waals surface area contributed by atoms with Crippen molar-refractivity contribution in [3.05, 3.63) is 28.7 Å². The molecule has 2 heteroatoms. The molecular formula is C8H7NSe. The summed E-state index contributed by atoms with van der Waals surface area (Å²) in [6, 6.07) is 6.39. The molecule has 0 aliphatic carbocycles. The van der Waals surface area contributed by atoms with E-state index in [2.05, 4.69) is 34.0 Å². The molecule has 0 radical (unpaired) electrons. The summed E-state index contributed by atoms with van der Waals surface area (Å²) in [5, 5.41) is 1.32. The molecule has 0 spiro atoms. The molecule has 0 bridgehead atoms. The fourth-order valence-corrected chi connectivity index (χ4v) is 2.32. The third-order valence-electron chi connectivity index (χ3n) is 1.51. The Labute approximate surface area is 65.7 Å². The number of nitrogens with zero attached hydrogens (tertiary/aromatic N) is 1. The second kappa shape index (κ2) is 2.22. The maximum atomic E-state index is 4.35. The Hall–Kier alpha value is -0.591. The van der Waals surface area contributed by atoms with Gasteiger partial charge in [0.25, 0.3) is 0 Å². The van der Waals surface area contributed by atoms with Crippen molar-refractivity contribution in [2.75, 3.05) is 0 Å². The van der Waals surface area contributed by atoms with Crippen molar-refractivity contribution in [3.8, 4) is 0 Å². The summed E-state index contributed by atoms with van der Waals surface area (Å²) in [6.07, 6.45) is 0. The summed E-state index contributed by atoms with van der Waals surface area (Å²) in [4.78, 5) is 2.22. The van der Waals surface area contributed by atoms with E-state index in [1.807, 2.05) is 0 Å². The topological polar surface area (TPSA) is 12.9 Å². The molecule has 10 heavy (non-hydrogen) atoms. The van der Waals surface area contributed by atoms with Gasteiger partial charge in [-0.15, -0.1) is 0 Å². The fraction of sp³-hybridized carbons (Fsp3) is 0.125. The van der Waals surface area contributed by atoms with Crippen LogP contribution in [0.2, 0.25) is 0 Å². The number of fused-ring (bicyclic) bond motifs is 1. The number of rotatable bonds is 0. The van der Waals surface area contributed by atoms with Gasteiger partial charge in [-0.1, -0.05) is 0 Å². The van der Waals surface area contributed by atoms with Crippen molar-refractivity contribution >= 4 is 25.6 Å². The van der Waals surface area contributed by atoms with Gasteiger partial charge in [0.05, 0.1) is 0 Å². The number of aromatic nitrogens is 1. The molecule has 0 saturated heterocycles. The summed E-state index contributed by atoms with van der Waals surface area (Å²) in [7, 11) is 0. The molecule has 0 amide bonds. The molecule has 0 N–H and O–H groups in total. The van der Waals surface area contributed by atoms with E-state index in [0.717, 1.165) is 0 Å². The van der Waals surface area contributed by atoms with E-state index in [4.69, 9.17) is 0 Å². The third-order valence-corrected chi connectivity index (χ3v) is 2.90. The van der Waals surface area contributed by atoms with Crippen molar-refractivity contribution in [2.45, 2.75) is 6.92 Å². The molecule has 2 aromatic rings. The quantitative estimate of drug-likeness (QED) is 0.583. The van der Waals surface area contributed by atoms with Crippen LogP contribution in [-0.2, 0) is 0 Å². The van der Waals surface area contributed by atoms with Crippen molar-refractivity contribution in [1.29, 1.82) is 0 Å². The Morgan fingerprint density at radius 3 is 3.20 bits per heavy atom. The van der Waals surface area contributed by atoms with E-state index in [-0.39, 0.29) is 0 Å². The third kappa shape index (κ3) is 0.898. The maximum absolute atomic E-state index is 4.35. The van der Waals surface area contributed by atoms with Crippen LogP contribution in [0.4, 0.5) is 0 Å².